The Kier molecular flexibility index (Phi) is 10.1. The van der Waals surface area contributed by atoms with E-state index in [-0.39, 0.29) is 26.1 Å². The topological polar surface area (TPSA) is 100 Å². The maximum atomic E-state index is 11.1. The molecule has 98 valence electrons. The van der Waals surface area contributed by atoms with Crippen molar-refractivity contribution in [2.24, 2.45) is 0 Å². The molecule has 0 aromatic rings. The van der Waals surface area contributed by atoms with Crippen LogP contribution < -0.4 is 0 Å². The van der Waals surface area contributed by atoms with Crippen molar-refractivity contribution in [3.8, 4) is 12.1 Å². The molecule has 6 heteroatoms. The van der Waals surface area contributed by atoms with Crippen LogP contribution in [-0.2, 0) is 19.1 Å². The first-order chi connectivity index (χ1) is 8.70. The van der Waals surface area contributed by atoms with E-state index in [0.717, 1.165) is 0 Å². The summed E-state index contributed by atoms with van der Waals surface area (Å²) < 4.78 is 9.59. The first kappa shape index (κ1) is 15.9. The summed E-state index contributed by atoms with van der Waals surface area (Å²) in [7, 11) is 0. The summed E-state index contributed by atoms with van der Waals surface area (Å²) >= 11 is 0. The maximum Gasteiger partial charge on any atom is 0.306 e. The van der Waals surface area contributed by atoms with E-state index >= 15 is 0 Å². The monoisotopic (exact) mass is 252 g/mol. The van der Waals surface area contributed by atoms with Crippen LogP contribution in [0, 0.1) is 22.7 Å². The number of nitriles is 2. The molecule has 0 aliphatic heterocycles. The standard InChI is InChI=1S/C12H16N2O4/c13-7-1-3-9-17-11(15)5-6-12(16)18-10-4-2-8-14/h1-6,9-10H2. The van der Waals surface area contributed by atoms with Crippen LogP contribution in [0.25, 0.3) is 0 Å². The number of rotatable bonds is 9. The molecule has 0 aromatic carbocycles. The van der Waals surface area contributed by atoms with E-state index in [1.54, 1.807) is 0 Å². The molecule has 0 aliphatic rings. The number of ether oxygens (including phenoxy) is 2. The Morgan fingerprint density at radius 3 is 1.56 bits per heavy atom. The minimum Gasteiger partial charge on any atom is -0.466 e. The summed E-state index contributed by atoms with van der Waals surface area (Å²) in [5, 5.41) is 16.5. The molecule has 0 aliphatic carbocycles. The lowest BCUT2D eigenvalue weighted by Gasteiger charge is -2.04. The zero-order valence-electron chi connectivity index (χ0n) is 10.2. The average Bonchev–Trinajstić information content (AvgIpc) is 2.37. The molecule has 18 heavy (non-hydrogen) atoms. The van der Waals surface area contributed by atoms with Gasteiger partial charge in [0, 0.05) is 12.8 Å². The van der Waals surface area contributed by atoms with Crippen molar-refractivity contribution in [2.45, 2.75) is 38.5 Å². The lowest BCUT2D eigenvalue weighted by atomic mass is 10.3. The smallest absolute Gasteiger partial charge is 0.306 e. The molecule has 0 saturated heterocycles. The van der Waals surface area contributed by atoms with Crippen molar-refractivity contribution in [3.63, 3.8) is 0 Å². The molecular formula is C12H16N2O4. The van der Waals surface area contributed by atoms with Crippen LogP contribution in [-0.4, -0.2) is 25.2 Å². The summed E-state index contributed by atoms with van der Waals surface area (Å²) in [6.45, 7) is 0.396. The van der Waals surface area contributed by atoms with Crippen molar-refractivity contribution in [1.29, 1.82) is 10.5 Å². The van der Waals surface area contributed by atoms with Crippen LogP contribution >= 0.6 is 0 Å². The third-order valence-corrected chi connectivity index (χ3v) is 1.93. The van der Waals surface area contributed by atoms with Crippen molar-refractivity contribution < 1.29 is 19.1 Å². The number of carbonyl (C=O) groups excluding carboxylic acids is 2. The van der Waals surface area contributed by atoms with Gasteiger partial charge < -0.3 is 9.47 Å². The van der Waals surface area contributed by atoms with Crippen LogP contribution in [0.5, 0.6) is 0 Å². The first-order valence-corrected chi connectivity index (χ1v) is 5.76. The van der Waals surface area contributed by atoms with Gasteiger partial charge in [-0.1, -0.05) is 0 Å². The Hall–Kier alpha value is -2.08. The van der Waals surface area contributed by atoms with E-state index in [1.165, 1.54) is 0 Å². The van der Waals surface area contributed by atoms with Gasteiger partial charge in [0.25, 0.3) is 0 Å². The van der Waals surface area contributed by atoms with Crippen LogP contribution in [0.2, 0.25) is 0 Å². The maximum absolute atomic E-state index is 11.1. The van der Waals surface area contributed by atoms with Gasteiger partial charge in [-0.15, -0.1) is 0 Å². The Morgan fingerprint density at radius 1 is 0.833 bits per heavy atom. The highest BCUT2D eigenvalue weighted by atomic mass is 16.5. The van der Waals surface area contributed by atoms with Gasteiger partial charge in [-0.25, -0.2) is 0 Å². The molecule has 0 rings (SSSR count). The molecule has 0 amide bonds. The third-order valence-electron chi connectivity index (χ3n) is 1.93. The minimum absolute atomic E-state index is 0.0242. The Bertz CT molecular complexity index is 307. The van der Waals surface area contributed by atoms with Crippen molar-refractivity contribution in [1.82, 2.24) is 0 Å². The second-order valence-corrected chi connectivity index (χ2v) is 3.46. The highest BCUT2D eigenvalue weighted by Crippen LogP contribution is 1.99. The predicted molar refractivity (Wildman–Crippen MR) is 60.8 cm³/mol. The molecule has 0 atom stereocenters. The number of carbonyl (C=O) groups is 2. The fraction of sp³-hybridized carbons (Fsp3) is 0.667. The normalized spacial score (nSPS) is 9.00. The summed E-state index contributed by atoms with van der Waals surface area (Å²) in [5.41, 5.74) is 0. The molecule has 0 saturated carbocycles. The summed E-state index contributed by atoms with van der Waals surface area (Å²) in [6, 6.07) is 3.87. The zero-order chi connectivity index (χ0) is 13.6. The Morgan fingerprint density at radius 2 is 1.22 bits per heavy atom. The number of nitrogens with zero attached hydrogens (tertiary/aromatic N) is 2. The van der Waals surface area contributed by atoms with Gasteiger partial charge in [0.05, 0.1) is 38.2 Å². The van der Waals surface area contributed by atoms with E-state index < -0.39 is 11.9 Å². The van der Waals surface area contributed by atoms with E-state index in [0.29, 0.717) is 25.7 Å². The fourth-order valence-corrected chi connectivity index (χ4v) is 1.02. The van der Waals surface area contributed by atoms with Gasteiger partial charge in [0.2, 0.25) is 0 Å². The molecule has 0 unspecified atom stereocenters. The van der Waals surface area contributed by atoms with Gasteiger partial charge in [0.15, 0.2) is 0 Å². The molecule has 6 nitrogen and oxygen atoms in total. The average molecular weight is 252 g/mol. The van der Waals surface area contributed by atoms with Crippen molar-refractivity contribution in [2.75, 3.05) is 13.2 Å². The van der Waals surface area contributed by atoms with Gasteiger partial charge >= 0.3 is 11.9 Å². The summed E-state index contributed by atoms with van der Waals surface area (Å²) in [4.78, 5) is 22.3. The molecule has 0 N–H and O–H groups in total. The highest BCUT2D eigenvalue weighted by Gasteiger charge is 2.08. The van der Waals surface area contributed by atoms with Gasteiger partial charge in [-0.3, -0.25) is 9.59 Å². The van der Waals surface area contributed by atoms with E-state index in [4.69, 9.17) is 20.0 Å². The lowest BCUT2D eigenvalue weighted by molar-refractivity contribution is -0.150. The van der Waals surface area contributed by atoms with E-state index in [1.807, 2.05) is 12.1 Å². The van der Waals surface area contributed by atoms with E-state index in [9.17, 15) is 9.59 Å². The molecule has 0 heterocycles. The van der Waals surface area contributed by atoms with E-state index in [2.05, 4.69) is 0 Å². The highest BCUT2D eigenvalue weighted by molar-refractivity contribution is 5.77. The molecule has 0 fully saturated rings. The number of unbranched alkanes of at least 4 members (excludes halogenated alkanes) is 2. The molecular weight excluding hydrogens is 236 g/mol. The van der Waals surface area contributed by atoms with Crippen LogP contribution in [0.3, 0.4) is 0 Å². The van der Waals surface area contributed by atoms with Crippen molar-refractivity contribution >= 4 is 11.9 Å². The van der Waals surface area contributed by atoms with Crippen LogP contribution in [0.4, 0.5) is 0 Å². The fourth-order valence-electron chi connectivity index (χ4n) is 1.02. The Labute approximate surface area is 106 Å². The second-order valence-electron chi connectivity index (χ2n) is 3.46. The largest absolute Gasteiger partial charge is 0.466 e. The number of esters is 2. The second kappa shape index (κ2) is 11.4. The lowest BCUT2D eigenvalue weighted by Crippen LogP contribution is -2.11. The van der Waals surface area contributed by atoms with Gasteiger partial charge in [0.1, 0.15) is 0 Å². The van der Waals surface area contributed by atoms with Gasteiger partial charge in [-0.05, 0) is 12.8 Å². The summed E-state index contributed by atoms with van der Waals surface area (Å²) in [5.74, 6) is -0.941. The SMILES string of the molecule is N#CCCCOC(=O)CCC(=O)OCCCC#N. The Balaban J connectivity index is 3.45. The van der Waals surface area contributed by atoms with Crippen LogP contribution in [0.15, 0.2) is 0 Å². The third kappa shape index (κ3) is 10.4. The molecule has 0 bridgehead atoms. The first-order valence-electron chi connectivity index (χ1n) is 5.76. The molecule has 0 spiro atoms. The van der Waals surface area contributed by atoms with Crippen molar-refractivity contribution in [3.05, 3.63) is 0 Å². The molecule has 0 radical (unpaired) electrons. The minimum atomic E-state index is -0.470. The predicted octanol–water partition coefficient (Wildman–Crippen LogP) is 1.46. The number of hydrogen-bond acceptors (Lipinski definition) is 6. The van der Waals surface area contributed by atoms with Crippen LogP contribution in [0.1, 0.15) is 38.5 Å². The quantitative estimate of drug-likeness (QED) is 0.455. The summed E-state index contributed by atoms with van der Waals surface area (Å²) in [6.07, 6.45) is 1.64. The molecule has 0 aromatic heterocycles. The number of hydrogen-bond donors (Lipinski definition) is 0. The van der Waals surface area contributed by atoms with Gasteiger partial charge in [-0.2, -0.15) is 10.5 Å². The zero-order valence-corrected chi connectivity index (χ0v) is 10.2.